The van der Waals surface area contributed by atoms with Crippen molar-refractivity contribution in [3.8, 4) is 0 Å². The van der Waals surface area contributed by atoms with Gasteiger partial charge in [-0.1, -0.05) is 12.1 Å². The van der Waals surface area contributed by atoms with Gasteiger partial charge in [-0.3, -0.25) is 10.1 Å². The maximum absolute atomic E-state index is 10.6. The predicted molar refractivity (Wildman–Crippen MR) is 64.9 cm³/mol. The quantitative estimate of drug-likeness (QED) is 0.647. The molecule has 1 N–H and O–H groups in total. The van der Waals surface area contributed by atoms with Crippen LogP contribution in [0.4, 0.5) is 5.69 Å². The van der Waals surface area contributed by atoms with Crippen LogP contribution in [0.15, 0.2) is 34.9 Å². The van der Waals surface area contributed by atoms with Crippen LogP contribution in [0, 0.1) is 17.0 Å². The number of nitrogens with zero attached hydrogens (tertiary/aromatic N) is 2. The van der Waals surface area contributed by atoms with Crippen molar-refractivity contribution in [3.63, 3.8) is 0 Å². The highest BCUT2D eigenvalue weighted by molar-refractivity contribution is 5.34. The normalized spacial score (nSPS) is 10.5. The molecule has 2 rings (SSSR count). The van der Waals surface area contributed by atoms with E-state index in [2.05, 4.69) is 10.3 Å². The summed E-state index contributed by atoms with van der Waals surface area (Å²) in [5.74, 6) is 1.38. The van der Waals surface area contributed by atoms with Crippen molar-refractivity contribution in [2.24, 2.45) is 0 Å². The predicted octanol–water partition coefficient (Wildman–Crippen LogP) is 2.18. The zero-order chi connectivity index (χ0) is 13.0. The number of oxazole rings is 1. The first-order valence-electron chi connectivity index (χ1n) is 5.50. The Kier molecular flexibility index (Phi) is 3.69. The van der Waals surface area contributed by atoms with Crippen LogP contribution in [0.2, 0.25) is 0 Å². The van der Waals surface area contributed by atoms with E-state index in [0.29, 0.717) is 19.0 Å². The lowest BCUT2D eigenvalue weighted by Gasteiger charge is -2.02. The van der Waals surface area contributed by atoms with Gasteiger partial charge in [0.05, 0.1) is 17.7 Å². The van der Waals surface area contributed by atoms with Gasteiger partial charge in [0.15, 0.2) is 0 Å². The van der Waals surface area contributed by atoms with Gasteiger partial charge in [0.25, 0.3) is 5.69 Å². The second kappa shape index (κ2) is 5.42. The van der Waals surface area contributed by atoms with Crippen LogP contribution in [0.3, 0.4) is 0 Å². The number of rotatable bonds is 5. The maximum Gasteiger partial charge on any atom is 0.269 e. The van der Waals surface area contributed by atoms with Crippen molar-refractivity contribution in [2.75, 3.05) is 0 Å². The third-order valence-corrected chi connectivity index (χ3v) is 2.40. The van der Waals surface area contributed by atoms with Gasteiger partial charge in [-0.15, -0.1) is 0 Å². The summed E-state index contributed by atoms with van der Waals surface area (Å²) in [6.45, 7) is 2.86. The largest absolute Gasteiger partial charge is 0.445 e. The molecule has 0 bridgehead atoms. The van der Waals surface area contributed by atoms with E-state index in [9.17, 15) is 10.1 Å². The summed E-state index contributed by atoms with van der Waals surface area (Å²) in [6, 6.07) is 6.53. The minimum atomic E-state index is -0.402. The zero-order valence-corrected chi connectivity index (χ0v) is 9.92. The minimum absolute atomic E-state index is 0.0984. The molecule has 0 aliphatic carbocycles. The molecule has 1 heterocycles. The van der Waals surface area contributed by atoms with E-state index in [4.69, 9.17) is 4.42 Å². The first-order valence-corrected chi connectivity index (χ1v) is 5.50. The van der Waals surface area contributed by atoms with Gasteiger partial charge in [-0.25, -0.2) is 4.98 Å². The van der Waals surface area contributed by atoms with Crippen LogP contribution in [-0.4, -0.2) is 9.91 Å². The molecule has 0 unspecified atom stereocenters. The van der Waals surface area contributed by atoms with Crippen LogP contribution in [0.5, 0.6) is 0 Å². The Morgan fingerprint density at radius 2 is 2.28 bits per heavy atom. The van der Waals surface area contributed by atoms with Crippen LogP contribution in [0.25, 0.3) is 0 Å². The molecule has 0 fully saturated rings. The molecule has 0 saturated carbocycles. The molecule has 6 heteroatoms. The minimum Gasteiger partial charge on any atom is -0.445 e. The van der Waals surface area contributed by atoms with E-state index in [1.54, 1.807) is 18.3 Å². The van der Waals surface area contributed by atoms with Crippen molar-refractivity contribution in [2.45, 2.75) is 20.0 Å². The van der Waals surface area contributed by atoms with Crippen molar-refractivity contribution in [1.82, 2.24) is 10.3 Å². The molecule has 18 heavy (non-hydrogen) atoms. The maximum atomic E-state index is 10.6. The van der Waals surface area contributed by atoms with Crippen molar-refractivity contribution in [1.29, 1.82) is 0 Å². The molecule has 0 radical (unpaired) electrons. The highest BCUT2D eigenvalue weighted by atomic mass is 16.6. The van der Waals surface area contributed by atoms with E-state index in [1.807, 2.05) is 13.0 Å². The first kappa shape index (κ1) is 12.3. The standard InChI is InChI=1S/C12H13N3O3/c1-9-6-14-12(18-9)8-13-7-10-3-2-4-11(5-10)15(16)17/h2-6,13H,7-8H2,1H3. The Labute approximate surface area is 104 Å². The van der Waals surface area contributed by atoms with E-state index in [1.165, 1.54) is 6.07 Å². The molecule has 6 nitrogen and oxygen atoms in total. The summed E-state index contributed by atoms with van der Waals surface area (Å²) < 4.78 is 5.30. The summed E-state index contributed by atoms with van der Waals surface area (Å²) in [7, 11) is 0. The second-order valence-corrected chi connectivity index (χ2v) is 3.90. The highest BCUT2D eigenvalue weighted by Crippen LogP contribution is 2.12. The Hall–Kier alpha value is -2.21. The van der Waals surface area contributed by atoms with Gasteiger partial charge in [-0.05, 0) is 12.5 Å². The lowest BCUT2D eigenvalue weighted by molar-refractivity contribution is -0.384. The number of nitro benzene ring substituents is 1. The topological polar surface area (TPSA) is 81.2 Å². The molecule has 2 aromatic rings. The van der Waals surface area contributed by atoms with Crippen LogP contribution in [-0.2, 0) is 13.1 Å². The molecule has 0 spiro atoms. The van der Waals surface area contributed by atoms with E-state index in [-0.39, 0.29) is 5.69 Å². The summed E-state index contributed by atoms with van der Waals surface area (Å²) in [6.07, 6.45) is 1.66. The van der Waals surface area contributed by atoms with Gasteiger partial charge in [0.2, 0.25) is 5.89 Å². The molecule has 0 saturated heterocycles. The number of non-ortho nitro benzene ring substituents is 1. The lowest BCUT2D eigenvalue weighted by atomic mass is 10.2. The Bertz CT molecular complexity index is 551. The molecule has 94 valence electrons. The molecule has 0 aliphatic heterocycles. The Balaban J connectivity index is 1.90. The number of nitro groups is 1. The number of nitrogens with one attached hydrogen (secondary N) is 1. The van der Waals surface area contributed by atoms with Crippen molar-refractivity contribution < 1.29 is 9.34 Å². The molecule has 1 aromatic carbocycles. The number of hydrogen-bond donors (Lipinski definition) is 1. The van der Waals surface area contributed by atoms with Gasteiger partial charge >= 0.3 is 0 Å². The first-order chi connectivity index (χ1) is 8.65. The van der Waals surface area contributed by atoms with Crippen molar-refractivity contribution in [3.05, 3.63) is 57.8 Å². The zero-order valence-electron chi connectivity index (χ0n) is 9.92. The number of aromatic nitrogens is 1. The Morgan fingerprint density at radius 1 is 1.44 bits per heavy atom. The van der Waals surface area contributed by atoms with Crippen molar-refractivity contribution >= 4 is 5.69 Å². The number of hydrogen-bond acceptors (Lipinski definition) is 5. The van der Waals surface area contributed by atoms with Gasteiger partial charge in [0.1, 0.15) is 5.76 Å². The summed E-state index contributed by atoms with van der Waals surface area (Å²) in [4.78, 5) is 14.3. The molecular formula is C12H13N3O3. The van der Waals surface area contributed by atoms with E-state index in [0.717, 1.165) is 11.3 Å². The molecule has 0 amide bonds. The molecular weight excluding hydrogens is 234 g/mol. The molecule has 1 aromatic heterocycles. The number of aryl methyl sites for hydroxylation is 1. The highest BCUT2D eigenvalue weighted by Gasteiger charge is 2.05. The Morgan fingerprint density at radius 3 is 2.94 bits per heavy atom. The van der Waals surface area contributed by atoms with Crippen LogP contribution >= 0.6 is 0 Å². The fraction of sp³-hybridized carbons (Fsp3) is 0.250. The summed E-state index contributed by atoms with van der Waals surface area (Å²) >= 11 is 0. The fourth-order valence-corrected chi connectivity index (χ4v) is 1.58. The van der Waals surface area contributed by atoms with E-state index < -0.39 is 4.92 Å². The SMILES string of the molecule is Cc1cnc(CNCc2cccc([N+](=O)[O-])c2)o1. The number of benzene rings is 1. The monoisotopic (exact) mass is 247 g/mol. The molecule has 0 atom stereocenters. The lowest BCUT2D eigenvalue weighted by Crippen LogP contribution is -2.12. The average Bonchev–Trinajstić information content (AvgIpc) is 2.75. The van der Waals surface area contributed by atoms with Gasteiger partial charge in [0, 0.05) is 18.7 Å². The van der Waals surface area contributed by atoms with Crippen LogP contribution in [0.1, 0.15) is 17.2 Å². The summed E-state index contributed by atoms with van der Waals surface area (Å²) in [5, 5.41) is 13.7. The second-order valence-electron chi connectivity index (χ2n) is 3.90. The van der Waals surface area contributed by atoms with E-state index >= 15 is 0 Å². The fourth-order valence-electron chi connectivity index (χ4n) is 1.58. The third kappa shape index (κ3) is 3.14. The van der Waals surface area contributed by atoms with Gasteiger partial charge < -0.3 is 9.73 Å². The third-order valence-electron chi connectivity index (χ3n) is 2.40. The van der Waals surface area contributed by atoms with Crippen LogP contribution < -0.4 is 5.32 Å². The van der Waals surface area contributed by atoms with Gasteiger partial charge in [-0.2, -0.15) is 0 Å². The average molecular weight is 247 g/mol. The smallest absolute Gasteiger partial charge is 0.269 e. The summed E-state index contributed by atoms with van der Waals surface area (Å²) in [5.41, 5.74) is 0.953. The molecule has 0 aliphatic rings.